The number of piperazine rings is 1. The van der Waals surface area contributed by atoms with Crippen molar-refractivity contribution >= 4 is 57.2 Å². The number of thiophene rings is 1. The minimum atomic E-state index is 0. The number of nitrogens with zero attached hydrogens (tertiary/aromatic N) is 6. The molecule has 144 valence electrons. The van der Waals surface area contributed by atoms with E-state index in [1.165, 1.54) is 8.66 Å². The first-order chi connectivity index (χ1) is 12.1. The Bertz CT molecular complexity index is 737. The van der Waals surface area contributed by atoms with Crippen LogP contribution in [-0.2, 0) is 20.1 Å². The third-order valence-corrected chi connectivity index (χ3v) is 6.09. The fourth-order valence-electron chi connectivity index (χ4n) is 2.87. The van der Waals surface area contributed by atoms with E-state index in [0.29, 0.717) is 6.54 Å². The van der Waals surface area contributed by atoms with Crippen molar-refractivity contribution in [2.75, 3.05) is 33.2 Å². The van der Waals surface area contributed by atoms with Gasteiger partial charge < -0.3 is 14.8 Å². The highest BCUT2D eigenvalue weighted by Crippen LogP contribution is 2.23. The van der Waals surface area contributed by atoms with Gasteiger partial charge in [-0.3, -0.25) is 9.89 Å². The molecule has 0 saturated carbocycles. The molecule has 26 heavy (non-hydrogen) atoms. The monoisotopic (exact) mass is 553 g/mol. The molecule has 3 rings (SSSR count). The summed E-state index contributed by atoms with van der Waals surface area (Å²) < 4.78 is 3.20. The van der Waals surface area contributed by atoms with Crippen LogP contribution in [-0.4, -0.2) is 63.8 Å². The maximum Gasteiger partial charge on any atom is 0.194 e. The lowest BCUT2D eigenvalue weighted by Gasteiger charge is -2.36. The molecule has 10 heteroatoms. The lowest BCUT2D eigenvalue weighted by atomic mass is 10.3. The van der Waals surface area contributed by atoms with Crippen molar-refractivity contribution in [3.63, 3.8) is 0 Å². The average molecular weight is 554 g/mol. The van der Waals surface area contributed by atoms with E-state index in [2.05, 4.69) is 58.4 Å². The topological polar surface area (TPSA) is 61.6 Å². The van der Waals surface area contributed by atoms with E-state index in [-0.39, 0.29) is 24.0 Å². The first-order valence-electron chi connectivity index (χ1n) is 8.34. The number of nitrogens with one attached hydrogen (secondary N) is 1. The van der Waals surface area contributed by atoms with Gasteiger partial charge in [0.05, 0.1) is 10.3 Å². The number of rotatable bonds is 4. The quantitative estimate of drug-likeness (QED) is 0.358. The minimum absolute atomic E-state index is 0. The maximum absolute atomic E-state index is 4.43. The Hall–Kier alpha value is -0.720. The van der Waals surface area contributed by atoms with Crippen molar-refractivity contribution in [3.05, 3.63) is 32.4 Å². The Kier molecular flexibility index (Phi) is 8.30. The third kappa shape index (κ3) is 5.40. The van der Waals surface area contributed by atoms with E-state index < -0.39 is 0 Å². The van der Waals surface area contributed by atoms with Crippen molar-refractivity contribution in [2.24, 2.45) is 12.0 Å². The zero-order chi connectivity index (χ0) is 17.8. The van der Waals surface area contributed by atoms with Crippen LogP contribution >= 0.6 is 51.2 Å². The van der Waals surface area contributed by atoms with Gasteiger partial charge in [0.1, 0.15) is 5.82 Å². The molecule has 1 saturated heterocycles. The second-order valence-corrected chi connectivity index (χ2v) is 8.64. The van der Waals surface area contributed by atoms with Gasteiger partial charge in [0, 0.05) is 51.7 Å². The van der Waals surface area contributed by atoms with Crippen LogP contribution in [0.1, 0.15) is 16.5 Å². The number of hydrogen-bond acceptors (Lipinski definition) is 5. The average Bonchev–Trinajstić information content (AvgIpc) is 3.16. The molecule has 2 aromatic heterocycles. The lowest BCUT2D eigenvalue weighted by Crippen LogP contribution is -2.52. The first kappa shape index (κ1) is 21.6. The molecular formula is C16H25BrIN7S. The van der Waals surface area contributed by atoms with E-state index in [0.717, 1.165) is 50.3 Å². The molecule has 0 unspecified atom stereocenters. The summed E-state index contributed by atoms with van der Waals surface area (Å²) in [6, 6.07) is 4.32. The van der Waals surface area contributed by atoms with Gasteiger partial charge in [-0.2, -0.15) is 0 Å². The molecule has 0 bridgehead atoms. The van der Waals surface area contributed by atoms with Gasteiger partial charge in [-0.15, -0.1) is 45.5 Å². The summed E-state index contributed by atoms with van der Waals surface area (Å²) in [4.78, 5) is 10.6. The first-order valence-corrected chi connectivity index (χ1v) is 9.95. The Balaban J connectivity index is 0.00000243. The predicted molar refractivity (Wildman–Crippen MR) is 120 cm³/mol. The zero-order valence-electron chi connectivity index (χ0n) is 15.3. The SMILES string of the molecule is CN=C(NCc1nnc(C)n1C)N1CCN(Cc2ccc(Br)s2)CC1.I. The zero-order valence-corrected chi connectivity index (χ0v) is 20.0. The van der Waals surface area contributed by atoms with Gasteiger partial charge in [-0.25, -0.2) is 0 Å². The fourth-order valence-corrected chi connectivity index (χ4v) is 4.40. The summed E-state index contributed by atoms with van der Waals surface area (Å²) in [7, 11) is 3.82. The summed E-state index contributed by atoms with van der Waals surface area (Å²) >= 11 is 5.35. The van der Waals surface area contributed by atoms with Crippen molar-refractivity contribution in [1.82, 2.24) is 29.9 Å². The van der Waals surface area contributed by atoms with Crippen LogP contribution in [0.2, 0.25) is 0 Å². The van der Waals surface area contributed by atoms with Crippen molar-refractivity contribution in [3.8, 4) is 0 Å². The van der Waals surface area contributed by atoms with Crippen LogP contribution in [0.3, 0.4) is 0 Å². The Morgan fingerprint density at radius 3 is 2.54 bits per heavy atom. The highest BCUT2D eigenvalue weighted by molar-refractivity contribution is 14.0. The van der Waals surface area contributed by atoms with Crippen LogP contribution in [0.15, 0.2) is 20.9 Å². The summed E-state index contributed by atoms with van der Waals surface area (Å²) in [6.07, 6.45) is 0. The second-order valence-electron chi connectivity index (χ2n) is 6.09. The molecule has 0 amide bonds. The molecule has 0 spiro atoms. The highest BCUT2D eigenvalue weighted by Gasteiger charge is 2.20. The van der Waals surface area contributed by atoms with Crippen LogP contribution in [0.5, 0.6) is 0 Å². The van der Waals surface area contributed by atoms with Gasteiger partial charge in [0.2, 0.25) is 0 Å². The summed E-state index contributed by atoms with van der Waals surface area (Å²) in [6.45, 7) is 7.64. The lowest BCUT2D eigenvalue weighted by molar-refractivity contribution is 0.173. The Labute approximate surface area is 184 Å². The number of halogens is 2. The molecule has 1 aliphatic rings. The van der Waals surface area contributed by atoms with E-state index in [4.69, 9.17) is 0 Å². The number of aryl methyl sites for hydroxylation is 1. The van der Waals surface area contributed by atoms with E-state index in [9.17, 15) is 0 Å². The number of guanidine groups is 1. The molecule has 0 radical (unpaired) electrons. The second kappa shape index (κ2) is 10.00. The molecule has 1 fully saturated rings. The maximum atomic E-state index is 4.43. The molecule has 3 heterocycles. The summed E-state index contributed by atoms with van der Waals surface area (Å²) in [5.74, 6) is 2.76. The normalized spacial score (nSPS) is 15.8. The smallest absolute Gasteiger partial charge is 0.194 e. The van der Waals surface area contributed by atoms with E-state index in [1.54, 1.807) is 0 Å². The van der Waals surface area contributed by atoms with Gasteiger partial charge in [-0.05, 0) is 35.0 Å². The number of aliphatic imine (C=N–C) groups is 1. The standard InChI is InChI=1S/C16H24BrN7S.HI/c1-12-20-21-15(22(12)3)10-19-16(18-2)24-8-6-23(7-9-24)11-13-4-5-14(17)25-13;/h4-5H,6-11H2,1-3H3,(H,18,19);1H. The van der Waals surface area contributed by atoms with Gasteiger partial charge in [0.25, 0.3) is 0 Å². The number of aromatic nitrogens is 3. The van der Waals surface area contributed by atoms with Gasteiger partial charge in [-0.1, -0.05) is 0 Å². The molecular weight excluding hydrogens is 529 g/mol. The molecule has 1 aliphatic heterocycles. The van der Waals surface area contributed by atoms with Crippen molar-refractivity contribution in [1.29, 1.82) is 0 Å². The molecule has 0 aromatic carbocycles. The van der Waals surface area contributed by atoms with Crippen molar-refractivity contribution < 1.29 is 0 Å². The van der Waals surface area contributed by atoms with E-state index >= 15 is 0 Å². The van der Waals surface area contributed by atoms with Crippen LogP contribution in [0, 0.1) is 6.92 Å². The van der Waals surface area contributed by atoms with Crippen LogP contribution < -0.4 is 5.32 Å². The minimum Gasteiger partial charge on any atom is -0.349 e. The predicted octanol–water partition coefficient (Wildman–Crippen LogP) is 2.46. The Morgan fingerprint density at radius 1 is 1.27 bits per heavy atom. The molecule has 0 atom stereocenters. The van der Waals surface area contributed by atoms with Crippen LogP contribution in [0.25, 0.3) is 0 Å². The molecule has 2 aromatic rings. The van der Waals surface area contributed by atoms with E-state index in [1.807, 2.05) is 36.9 Å². The molecule has 7 nitrogen and oxygen atoms in total. The van der Waals surface area contributed by atoms with Gasteiger partial charge >= 0.3 is 0 Å². The highest BCUT2D eigenvalue weighted by atomic mass is 127. The summed E-state index contributed by atoms with van der Waals surface area (Å²) in [5.41, 5.74) is 0. The Morgan fingerprint density at radius 2 is 2.00 bits per heavy atom. The van der Waals surface area contributed by atoms with Gasteiger partial charge in [0.15, 0.2) is 11.8 Å². The largest absolute Gasteiger partial charge is 0.349 e. The van der Waals surface area contributed by atoms with Crippen LogP contribution in [0.4, 0.5) is 0 Å². The molecule has 1 N–H and O–H groups in total. The van der Waals surface area contributed by atoms with Crippen molar-refractivity contribution in [2.45, 2.75) is 20.0 Å². The molecule has 0 aliphatic carbocycles. The number of hydrogen-bond donors (Lipinski definition) is 1. The fraction of sp³-hybridized carbons (Fsp3) is 0.562. The summed E-state index contributed by atoms with van der Waals surface area (Å²) in [5, 5.41) is 11.7. The third-order valence-electron chi connectivity index (χ3n) is 4.48.